The van der Waals surface area contributed by atoms with Crippen LogP contribution in [0, 0.1) is 0 Å². The third kappa shape index (κ3) is 1.33. The number of Topliss-reactive ketones (excluding diaryl/α,β-unsaturated/α-hetero) is 1. The Hall–Kier alpha value is -2.32. The fourth-order valence-electron chi connectivity index (χ4n) is 2.26. The Bertz CT molecular complexity index is 572. The van der Waals surface area contributed by atoms with Crippen LogP contribution < -0.4 is 4.90 Å². The van der Waals surface area contributed by atoms with E-state index in [-0.39, 0.29) is 5.78 Å². The summed E-state index contributed by atoms with van der Waals surface area (Å²) in [7, 11) is 2.93. The fraction of sp³-hybridized carbons (Fsp3) is 0.214. The minimum absolute atomic E-state index is 0.316. The second kappa shape index (κ2) is 4.17. The first-order valence-corrected chi connectivity index (χ1v) is 5.42. The van der Waals surface area contributed by atoms with Crippen molar-refractivity contribution in [2.45, 2.75) is 5.54 Å². The van der Waals surface area contributed by atoms with Gasteiger partial charge in [-0.1, -0.05) is 18.7 Å². The molecule has 4 heteroatoms. The molecule has 0 amide bonds. The summed E-state index contributed by atoms with van der Waals surface area (Å²) in [6.45, 7) is 3.45. The molecule has 1 aliphatic heterocycles. The zero-order chi connectivity index (χ0) is 13.3. The van der Waals surface area contributed by atoms with E-state index in [4.69, 9.17) is 4.74 Å². The minimum Gasteiger partial charge on any atom is -0.467 e. The number of fused-ring (bicyclic) bond motifs is 1. The number of carbonyl (C=O) groups is 2. The monoisotopic (exact) mass is 243 g/mol. The SMILES string of the molecule is C=C=CC1(C(=O)OC)C(=O)c2ccccc2N1C. The summed E-state index contributed by atoms with van der Waals surface area (Å²) < 4.78 is 4.76. The number of ether oxygens (including phenoxy) is 1. The Morgan fingerprint density at radius 3 is 2.72 bits per heavy atom. The van der Waals surface area contributed by atoms with E-state index in [0.29, 0.717) is 11.3 Å². The summed E-state index contributed by atoms with van der Waals surface area (Å²) in [4.78, 5) is 26.1. The van der Waals surface area contributed by atoms with Crippen molar-refractivity contribution in [3.8, 4) is 0 Å². The Kier molecular flexibility index (Phi) is 2.81. The quantitative estimate of drug-likeness (QED) is 0.449. The van der Waals surface area contributed by atoms with Crippen LogP contribution in [0.2, 0.25) is 0 Å². The van der Waals surface area contributed by atoms with Crippen molar-refractivity contribution in [3.05, 3.63) is 48.2 Å². The number of hydrogen-bond donors (Lipinski definition) is 0. The maximum Gasteiger partial charge on any atom is 0.344 e. The maximum absolute atomic E-state index is 12.5. The molecule has 0 saturated heterocycles. The fourth-order valence-corrected chi connectivity index (χ4v) is 2.26. The van der Waals surface area contributed by atoms with Gasteiger partial charge in [-0.2, -0.15) is 0 Å². The van der Waals surface area contributed by atoms with Crippen molar-refractivity contribution >= 4 is 17.4 Å². The summed E-state index contributed by atoms with van der Waals surface area (Å²) in [5.41, 5.74) is 2.23. The highest BCUT2D eigenvalue weighted by Gasteiger charge is 2.54. The molecule has 1 aromatic rings. The van der Waals surface area contributed by atoms with E-state index in [2.05, 4.69) is 12.3 Å². The van der Waals surface area contributed by atoms with Gasteiger partial charge in [0.15, 0.2) is 0 Å². The molecule has 0 bridgehead atoms. The molecule has 1 aromatic carbocycles. The van der Waals surface area contributed by atoms with E-state index >= 15 is 0 Å². The summed E-state index contributed by atoms with van der Waals surface area (Å²) >= 11 is 0. The molecule has 92 valence electrons. The lowest BCUT2D eigenvalue weighted by Gasteiger charge is -2.29. The number of benzene rings is 1. The molecule has 0 aromatic heterocycles. The number of carbonyl (C=O) groups excluding carboxylic acids is 2. The van der Waals surface area contributed by atoms with Crippen LogP contribution in [0.25, 0.3) is 0 Å². The van der Waals surface area contributed by atoms with Crippen molar-refractivity contribution in [2.24, 2.45) is 0 Å². The third-order valence-corrected chi connectivity index (χ3v) is 3.19. The number of ketones is 1. The van der Waals surface area contributed by atoms with Crippen LogP contribution >= 0.6 is 0 Å². The lowest BCUT2D eigenvalue weighted by Crippen LogP contribution is -2.54. The standard InChI is InChI=1S/C14H13NO3/c1-4-9-14(13(17)18-3)12(16)10-7-5-6-8-11(10)15(14)2/h5-9H,1H2,2-3H3. The molecule has 0 aliphatic carbocycles. The zero-order valence-electron chi connectivity index (χ0n) is 10.3. The number of nitrogens with zero attached hydrogens (tertiary/aromatic N) is 1. The molecule has 18 heavy (non-hydrogen) atoms. The topological polar surface area (TPSA) is 46.6 Å². The smallest absolute Gasteiger partial charge is 0.344 e. The molecule has 0 N–H and O–H groups in total. The summed E-state index contributed by atoms with van der Waals surface area (Å²) in [5.74, 6) is -0.953. The second-order valence-electron chi connectivity index (χ2n) is 4.01. The maximum atomic E-state index is 12.5. The minimum atomic E-state index is -1.49. The first-order valence-electron chi connectivity index (χ1n) is 5.42. The zero-order valence-corrected chi connectivity index (χ0v) is 10.3. The number of para-hydroxylation sites is 1. The van der Waals surface area contributed by atoms with Crippen LogP contribution in [-0.2, 0) is 9.53 Å². The highest BCUT2D eigenvalue weighted by atomic mass is 16.5. The lowest BCUT2D eigenvalue weighted by atomic mass is 9.92. The highest BCUT2D eigenvalue weighted by Crippen LogP contribution is 2.38. The van der Waals surface area contributed by atoms with Crippen molar-refractivity contribution in [3.63, 3.8) is 0 Å². The van der Waals surface area contributed by atoms with Crippen LogP contribution in [0.15, 0.2) is 42.7 Å². The van der Waals surface area contributed by atoms with Gasteiger partial charge in [-0.25, -0.2) is 4.79 Å². The molecule has 0 radical (unpaired) electrons. The number of hydrogen-bond acceptors (Lipinski definition) is 4. The van der Waals surface area contributed by atoms with Crippen LogP contribution in [0.5, 0.6) is 0 Å². The highest BCUT2D eigenvalue weighted by molar-refractivity contribution is 6.26. The third-order valence-electron chi connectivity index (χ3n) is 3.19. The second-order valence-corrected chi connectivity index (χ2v) is 4.01. The molecular weight excluding hydrogens is 230 g/mol. The number of likely N-dealkylation sites (N-methyl/N-ethyl adjacent to an activating group) is 1. The van der Waals surface area contributed by atoms with Gasteiger partial charge in [-0.3, -0.25) is 4.79 Å². The largest absolute Gasteiger partial charge is 0.467 e. The average Bonchev–Trinajstić information content (AvgIpc) is 2.62. The van der Waals surface area contributed by atoms with Crippen molar-refractivity contribution < 1.29 is 14.3 Å². The van der Waals surface area contributed by atoms with Gasteiger partial charge in [0.05, 0.1) is 7.11 Å². The van der Waals surface area contributed by atoms with E-state index in [0.717, 1.165) is 0 Å². The van der Waals surface area contributed by atoms with Crippen LogP contribution in [0.1, 0.15) is 10.4 Å². The Morgan fingerprint density at radius 1 is 1.50 bits per heavy atom. The van der Waals surface area contributed by atoms with E-state index < -0.39 is 11.5 Å². The first-order chi connectivity index (χ1) is 8.59. The normalized spacial score (nSPS) is 21.2. The molecule has 1 aliphatic rings. The van der Waals surface area contributed by atoms with Crippen molar-refractivity contribution in [1.29, 1.82) is 0 Å². The van der Waals surface area contributed by atoms with E-state index in [1.807, 2.05) is 6.07 Å². The molecule has 0 spiro atoms. The number of anilines is 1. The van der Waals surface area contributed by atoms with Crippen LogP contribution in [-0.4, -0.2) is 31.4 Å². The molecule has 4 nitrogen and oxygen atoms in total. The van der Waals surface area contributed by atoms with E-state index in [1.54, 1.807) is 30.1 Å². The van der Waals surface area contributed by atoms with Gasteiger partial charge < -0.3 is 9.64 Å². The summed E-state index contributed by atoms with van der Waals surface area (Å²) in [6, 6.07) is 7.05. The van der Waals surface area contributed by atoms with Gasteiger partial charge in [0.1, 0.15) is 0 Å². The van der Waals surface area contributed by atoms with E-state index in [9.17, 15) is 9.59 Å². The average molecular weight is 243 g/mol. The van der Waals surface area contributed by atoms with E-state index in [1.165, 1.54) is 13.2 Å². The van der Waals surface area contributed by atoms with Crippen molar-refractivity contribution in [1.82, 2.24) is 0 Å². The molecule has 1 atom stereocenters. The number of rotatable bonds is 2. The van der Waals surface area contributed by atoms with Gasteiger partial charge >= 0.3 is 5.97 Å². The van der Waals surface area contributed by atoms with Gasteiger partial charge in [-0.15, -0.1) is 5.73 Å². The first kappa shape index (κ1) is 12.1. The Labute approximate surface area is 105 Å². The van der Waals surface area contributed by atoms with Gasteiger partial charge in [0.2, 0.25) is 11.3 Å². The molecule has 0 fully saturated rings. The predicted molar refractivity (Wildman–Crippen MR) is 67.6 cm³/mol. The Morgan fingerprint density at radius 2 is 2.17 bits per heavy atom. The molecule has 0 saturated carbocycles. The number of esters is 1. The molecule has 1 heterocycles. The summed E-state index contributed by atoms with van der Waals surface area (Å²) in [5, 5.41) is 0. The molecule has 2 rings (SSSR count). The summed E-state index contributed by atoms with van der Waals surface area (Å²) in [6.07, 6.45) is 1.35. The lowest BCUT2D eigenvalue weighted by molar-refractivity contribution is -0.143. The molecule has 1 unspecified atom stereocenters. The van der Waals surface area contributed by atoms with Gasteiger partial charge in [0, 0.05) is 24.4 Å². The number of methoxy groups -OCH3 is 1. The predicted octanol–water partition coefficient (Wildman–Crippen LogP) is 1.57. The van der Waals surface area contributed by atoms with Crippen molar-refractivity contribution in [2.75, 3.05) is 19.1 Å². The van der Waals surface area contributed by atoms with Crippen LogP contribution in [0.3, 0.4) is 0 Å². The van der Waals surface area contributed by atoms with Gasteiger partial charge in [-0.05, 0) is 12.1 Å². The van der Waals surface area contributed by atoms with Crippen LogP contribution in [0.4, 0.5) is 5.69 Å². The molecular formula is C14H13NO3. The van der Waals surface area contributed by atoms with Gasteiger partial charge in [0.25, 0.3) is 0 Å². The Balaban J connectivity index is 2.69.